The molecule has 0 aliphatic carbocycles. The number of ether oxygens (including phenoxy) is 1. The smallest absolute Gasteiger partial charge is 0.414 e. The fourth-order valence-electron chi connectivity index (χ4n) is 4.45. The molecule has 0 unspecified atom stereocenters. The predicted molar refractivity (Wildman–Crippen MR) is 132 cm³/mol. The summed E-state index contributed by atoms with van der Waals surface area (Å²) in [4.78, 5) is 38.1. The van der Waals surface area contributed by atoms with E-state index >= 15 is 0 Å². The lowest BCUT2D eigenvalue weighted by atomic mass is 9.94. The molecule has 0 radical (unpaired) electrons. The molecule has 0 aromatic heterocycles. The number of carbonyl (C=O) groups excluding carboxylic acids is 1. The van der Waals surface area contributed by atoms with E-state index in [4.69, 9.17) is 24.5 Å². The van der Waals surface area contributed by atoms with E-state index in [-0.39, 0.29) is 5.92 Å². The molecule has 0 atom stereocenters. The minimum Gasteiger partial charge on any atom is -0.497 e. The average molecular weight is 484 g/mol. The minimum atomic E-state index is -1.82. The van der Waals surface area contributed by atoms with Crippen LogP contribution in [0.2, 0.25) is 0 Å². The SMILES string of the molecule is COc1cccc(CN2CCC(C(=O)N3CCN(c4ccccc4)CC3)CC2)c1.O=C(O)C(=O)O. The van der Waals surface area contributed by atoms with Crippen LogP contribution in [0.3, 0.4) is 0 Å². The van der Waals surface area contributed by atoms with Gasteiger partial charge in [-0.1, -0.05) is 30.3 Å². The summed E-state index contributed by atoms with van der Waals surface area (Å²) in [7, 11) is 1.70. The highest BCUT2D eigenvalue weighted by atomic mass is 16.5. The molecule has 2 aromatic rings. The maximum Gasteiger partial charge on any atom is 0.414 e. The largest absolute Gasteiger partial charge is 0.497 e. The van der Waals surface area contributed by atoms with Crippen molar-refractivity contribution in [2.75, 3.05) is 51.3 Å². The molecule has 0 bridgehead atoms. The van der Waals surface area contributed by atoms with Gasteiger partial charge >= 0.3 is 11.9 Å². The maximum absolute atomic E-state index is 13.0. The topological polar surface area (TPSA) is 111 Å². The van der Waals surface area contributed by atoms with Crippen LogP contribution in [0.1, 0.15) is 18.4 Å². The average Bonchev–Trinajstić information content (AvgIpc) is 2.90. The van der Waals surface area contributed by atoms with Gasteiger partial charge in [0.05, 0.1) is 7.11 Å². The van der Waals surface area contributed by atoms with Crippen LogP contribution >= 0.6 is 0 Å². The second kappa shape index (κ2) is 12.8. The zero-order valence-electron chi connectivity index (χ0n) is 20.0. The highest BCUT2D eigenvalue weighted by Gasteiger charge is 2.30. The Morgan fingerprint density at radius 3 is 2.06 bits per heavy atom. The third kappa shape index (κ3) is 7.71. The number of para-hydroxylation sites is 1. The third-order valence-electron chi connectivity index (χ3n) is 6.37. The molecule has 0 saturated carbocycles. The monoisotopic (exact) mass is 483 g/mol. The Labute approximate surface area is 205 Å². The summed E-state index contributed by atoms with van der Waals surface area (Å²) in [6, 6.07) is 18.8. The molecule has 35 heavy (non-hydrogen) atoms. The first-order chi connectivity index (χ1) is 16.9. The van der Waals surface area contributed by atoms with Gasteiger partial charge in [-0.15, -0.1) is 0 Å². The Kier molecular flexibility index (Phi) is 9.48. The zero-order valence-corrected chi connectivity index (χ0v) is 20.0. The Hall–Kier alpha value is -3.59. The van der Waals surface area contributed by atoms with Gasteiger partial charge in [-0.3, -0.25) is 9.69 Å². The fourth-order valence-corrected chi connectivity index (χ4v) is 4.45. The standard InChI is InChI=1S/C24H31N3O2.C2H2O4/c1-29-23-9-5-6-20(18-23)19-25-12-10-21(11-13-25)24(28)27-16-14-26(15-17-27)22-7-3-2-4-8-22;3-1(4)2(5)6/h2-9,18,21H,10-17,19H2,1H3;(H,3,4)(H,5,6). The van der Waals surface area contributed by atoms with Crippen molar-refractivity contribution < 1.29 is 29.3 Å². The van der Waals surface area contributed by atoms with Crippen LogP contribution in [0.5, 0.6) is 5.75 Å². The van der Waals surface area contributed by atoms with Gasteiger partial charge in [0.15, 0.2) is 0 Å². The van der Waals surface area contributed by atoms with Crippen molar-refractivity contribution in [3.05, 3.63) is 60.2 Å². The van der Waals surface area contributed by atoms with Crippen LogP contribution in [0.15, 0.2) is 54.6 Å². The summed E-state index contributed by atoms with van der Waals surface area (Å²) >= 11 is 0. The van der Waals surface area contributed by atoms with Gasteiger partial charge in [-0.05, 0) is 55.8 Å². The summed E-state index contributed by atoms with van der Waals surface area (Å²) in [5.41, 5.74) is 2.52. The fraction of sp³-hybridized carbons (Fsp3) is 0.423. The van der Waals surface area contributed by atoms with Gasteiger partial charge in [0, 0.05) is 44.3 Å². The number of piperidine rings is 1. The maximum atomic E-state index is 13.0. The second-order valence-electron chi connectivity index (χ2n) is 8.66. The Morgan fingerprint density at radius 1 is 0.857 bits per heavy atom. The first-order valence-electron chi connectivity index (χ1n) is 11.8. The van der Waals surface area contributed by atoms with E-state index in [1.807, 2.05) is 18.2 Å². The highest BCUT2D eigenvalue weighted by molar-refractivity contribution is 6.27. The lowest BCUT2D eigenvalue weighted by Gasteiger charge is -2.39. The van der Waals surface area contributed by atoms with E-state index < -0.39 is 11.9 Å². The Bertz CT molecular complexity index is 972. The number of carboxylic acid groups (broad SMARTS) is 2. The van der Waals surface area contributed by atoms with E-state index in [1.54, 1.807) is 7.11 Å². The number of anilines is 1. The zero-order chi connectivity index (χ0) is 25.2. The van der Waals surface area contributed by atoms with Crippen LogP contribution in [-0.4, -0.2) is 84.2 Å². The Morgan fingerprint density at radius 2 is 1.49 bits per heavy atom. The van der Waals surface area contributed by atoms with E-state index in [2.05, 4.69) is 51.1 Å². The molecule has 9 nitrogen and oxygen atoms in total. The van der Waals surface area contributed by atoms with Crippen molar-refractivity contribution in [2.45, 2.75) is 19.4 Å². The Balaban J connectivity index is 0.000000509. The van der Waals surface area contributed by atoms with E-state index in [0.29, 0.717) is 5.91 Å². The molecule has 4 rings (SSSR count). The minimum absolute atomic E-state index is 0.180. The van der Waals surface area contributed by atoms with Crippen molar-refractivity contribution >= 4 is 23.5 Å². The van der Waals surface area contributed by atoms with Gasteiger partial charge in [0.25, 0.3) is 0 Å². The molecule has 2 saturated heterocycles. The molecule has 2 heterocycles. The van der Waals surface area contributed by atoms with Crippen molar-refractivity contribution in [1.29, 1.82) is 0 Å². The molecule has 2 aromatic carbocycles. The van der Waals surface area contributed by atoms with Gasteiger partial charge in [0.2, 0.25) is 5.91 Å². The summed E-state index contributed by atoms with van der Waals surface area (Å²) in [6.45, 7) is 6.40. The molecule has 2 aliphatic heterocycles. The quantitative estimate of drug-likeness (QED) is 0.624. The van der Waals surface area contributed by atoms with Crippen LogP contribution < -0.4 is 9.64 Å². The summed E-state index contributed by atoms with van der Waals surface area (Å²) < 4.78 is 5.32. The van der Waals surface area contributed by atoms with Crippen molar-refractivity contribution in [3.63, 3.8) is 0 Å². The van der Waals surface area contributed by atoms with Crippen LogP contribution in [-0.2, 0) is 20.9 Å². The number of piperazine rings is 1. The predicted octanol–water partition coefficient (Wildman–Crippen LogP) is 2.41. The van der Waals surface area contributed by atoms with Gasteiger partial charge in [-0.25, -0.2) is 9.59 Å². The highest BCUT2D eigenvalue weighted by Crippen LogP contribution is 2.24. The number of methoxy groups -OCH3 is 1. The molecular weight excluding hydrogens is 450 g/mol. The number of rotatable bonds is 5. The van der Waals surface area contributed by atoms with Crippen LogP contribution in [0, 0.1) is 5.92 Å². The van der Waals surface area contributed by atoms with Gasteiger partial charge < -0.3 is 24.7 Å². The summed E-state index contributed by atoms with van der Waals surface area (Å²) in [5.74, 6) is -2.20. The number of likely N-dealkylation sites (tertiary alicyclic amines) is 1. The number of carbonyl (C=O) groups is 3. The number of nitrogens with zero attached hydrogens (tertiary/aromatic N) is 3. The molecule has 1 amide bonds. The molecular formula is C26H33N3O6. The van der Waals surface area contributed by atoms with Crippen LogP contribution in [0.25, 0.3) is 0 Å². The molecule has 0 spiro atoms. The molecule has 2 aliphatic rings. The van der Waals surface area contributed by atoms with Crippen molar-refractivity contribution in [3.8, 4) is 5.75 Å². The molecule has 2 fully saturated rings. The molecule has 9 heteroatoms. The number of hydrogen-bond donors (Lipinski definition) is 2. The van der Waals surface area contributed by atoms with Gasteiger partial charge in [-0.2, -0.15) is 0 Å². The second-order valence-corrected chi connectivity index (χ2v) is 8.66. The number of carboxylic acids is 2. The lowest BCUT2D eigenvalue weighted by Crippen LogP contribution is -2.51. The summed E-state index contributed by atoms with van der Waals surface area (Å²) in [6.07, 6.45) is 1.92. The molecule has 188 valence electrons. The van der Waals surface area contributed by atoms with Crippen molar-refractivity contribution in [1.82, 2.24) is 9.80 Å². The first kappa shape index (κ1) is 26.0. The first-order valence-corrected chi connectivity index (χ1v) is 11.8. The number of amides is 1. The number of hydrogen-bond acceptors (Lipinski definition) is 6. The lowest BCUT2D eigenvalue weighted by molar-refractivity contribution is -0.159. The number of aliphatic carboxylic acids is 2. The van der Waals surface area contributed by atoms with E-state index in [9.17, 15) is 4.79 Å². The normalized spacial score (nSPS) is 16.7. The van der Waals surface area contributed by atoms with E-state index in [0.717, 1.165) is 64.4 Å². The number of benzene rings is 2. The summed E-state index contributed by atoms with van der Waals surface area (Å²) in [5, 5.41) is 14.8. The van der Waals surface area contributed by atoms with E-state index in [1.165, 1.54) is 11.3 Å². The van der Waals surface area contributed by atoms with Gasteiger partial charge in [0.1, 0.15) is 5.75 Å². The van der Waals surface area contributed by atoms with Crippen molar-refractivity contribution in [2.24, 2.45) is 5.92 Å². The third-order valence-corrected chi connectivity index (χ3v) is 6.37. The van der Waals surface area contributed by atoms with Crippen LogP contribution in [0.4, 0.5) is 5.69 Å². The molecule has 2 N–H and O–H groups in total.